The Bertz CT molecular complexity index is 903. The number of thiazole rings is 1. The second-order valence-electron chi connectivity index (χ2n) is 6.03. The van der Waals surface area contributed by atoms with E-state index in [0.29, 0.717) is 12.8 Å². The van der Waals surface area contributed by atoms with Crippen LogP contribution in [0.2, 0.25) is 0 Å². The van der Waals surface area contributed by atoms with Gasteiger partial charge in [0.15, 0.2) is 5.16 Å². The molecule has 140 valence electrons. The molecule has 0 fully saturated rings. The summed E-state index contributed by atoms with van der Waals surface area (Å²) in [6.45, 7) is 4.10. The fourth-order valence-corrected chi connectivity index (χ4v) is 3.97. The number of esters is 1. The number of rotatable bonds is 7. The van der Waals surface area contributed by atoms with Crippen molar-refractivity contribution in [3.8, 4) is 10.6 Å². The van der Waals surface area contributed by atoms with Gasteiger partial charge in [0, 0.05) is 28.8 Å². The number of aromatic nitrogens is 3. The lowest BCUT2D eigenvalue weighted by Gasteiger charge is -2.09. The van der Waals surface area contributed by atoms with Crippen LogP contribution in [-0.4, -0.2) is 27.2 Å². The first kappa shape index (κ1) is 19.5. The lowest BCUT2D eigenvalue weighted by molar-refractivity contribution is -0.145. The van der Waals surface area contributed by atoms with Crippen LogP contribution in [0.5, 0.6) is 0 Å². The van der Waals surface area contributed by atoms with E-state index in [9.17, 15) is 4.79 Å². The number of hydrogen-bond donors (Lipinski definition) is 0. The summed E-state index contributed by atoms with van der Waals surface area (Å²) < 4.78 is 5.38. The normalized spacial score (nSPS) is 10.8. The molecule has 0 saturated carbocycles. The van der Waals surface area contributed by atoms with Crippen LogP contribution in [0.3, 0.4) is 0 Å². The summed E-state index contributed by atoms with van der Waals surface area (Å²) in [5.41, 5.74) is 4.70. The number of aryl methyl sites for hydroxylation is 2. The SMILES string of the molecule is CSc1nc(C)c(CCC(=O)OCc2csc(-c3ccccc3)n2)c(C)n1. The lowest BCUT2D eigenvalue weighted by atomic mass is 10.1. The minimum atomic E-state index is -0.239. The number of benzene rings is 1. The molecule has 0 bridgehead atoms. The third-order valence-corrected chi connectivity index (χ3v) is 5.60. The Morgan fingerprint density at radius 3 is 2.48 bits per heavy atom. The molecule has 3 rings (SSSR count). The Kier molecular flexibility index (Phi) is 6.58. The van der Waals surface area contributed by atoms with Crippen LogP contribution in [0.15, 0.2) is 40.9 Å². The number of carbonyl (C=O) groups excluding carboxylic acids is 1. The van der Waals surface area contributed by atoms with Gasteiger partial charge in [0.2, 0.25) is 0 Å². The molecule has 0 aliphatic carbocycles. The summed E-state index contributed by atoms with van der Waals surface area (Å²) >= 11 is 3.07. The van der Waals surface area contributed by atoms with E-state index >= 15 is 0 Å². The summed E-state index contributed by atoms with van der Waals surface area (Å²) in [5, 5.41) is 3.62. The highest BCUT2D eigenvalue weighted by molar-refractivity contribution is 7.98. The predicted octanol–water partition coefficient (Wildman–Crippen LogP) is 4.61. The van der Waals surface area contributed by atoms with E-state index in [0.717, 1.165) is 38.4 Å². The lowest BCUT2D eigenvalue weighted by Crippen LogP contribution is -2.09. The van der Waals surface area contributed by atoms with E-state index < -0.39 is 0 Å². The van der Waals surface area contributed by atoms with Gasteiger partial charge >= 0.3 is 5.97 Å². The van der Waals surface area contributed by atoms with E-state index in [1.165, 1.54) is 11.8 Å². The molecule has 3 aromatic rings. The van der Waals surface area contributed by atoms with E-state index in [4.69, 9.17) is 4.74 Å². The summed E-state index contributed by atoms with van der Waals surface area (Å²) in [7, 11) is 0. The van der Waals surface area contributed by atoms with Crippen LogP contribution >= 0.6 is 23.1 Å². The van der Waals surface area contributed by atoms with Gasteiger partial charge in [-0.05, 0) is 32.1 Å². The van der Waals surface area contributed by atoms with Crippen molar-refractivity contribution in [1.82, 2.24) is 15.0 Å². The number of thioether (sulfide) groups is 1. The van der Waals surface area contributed by atoms with Crippen LogP contribution in [0.1, 0.15) is 29.1 Å². The van der Waals surface area contributed by atoms with Crippen molar-refractivity contribution in [2.45, 2.75) is 38.5 Å². The summed E-state index contributed by atoms with van der Waals surface area (Å²) in [4.78, 5) is 25.6. The molecular weight excluding hydrogens is 378 g/mol. The zero-order chi connectivity index (χ0) is 19.2. The number of hydrogen-bond acceptors (Lipinski definition) is 7. The maximum absolute atomic E-state index is 12.1. The van der Waals surface area contributed by atoms with Gasteiger partial charge in [-0.1, -0.05) is 42.1 Å². The van der Waals surface area contributed by atoms with Crippen LogP contribution in [-0.2, 0) is 22.6 Å². The quantitative estimate of drug-likeness (QED) is 0.328. The summed E-state index contributed by atoms with van der Waals surface area (Å²) in [5.74, 6) is -0.239. The minimum Gasteiger partial charge on any atom is -0.459 e. The molecule has 1 aromatic carbocycles. The van der Waals surface area contributed by atoms with Crippen molar-refractivity contribution in [1.29, 1.82) is 0 Å². The van der Waals surface area contributed by atoms with Crippen molar-refractivity contribution in [2.75, 3.05) is 6.26 Å². The van der Waals surface area contributed by atoms with E-state index in [1.54, 1.807) is 11.3 Å². The van der Waals surface area contributed by atoms with Crippen LogP contribution in [0.25, 0.3) is 10.6 Å². The molecule has 0 amide bonds. The average Bonchev–Trinajstić information content (AvgIpc) is 3.15. The highest BCUT2D eigenvalue weighted by atomic mass is 32.2. The van der Waals surface area contributed by atoms with Crippen molar-refractivity contribution in [2.24, 2.45) is 0 Å². The molecule has 0 saturated heterocycles. The molecule has 0 aliphatic heterocycles. The van der Waals surface area contributed by atoms with Gasteiger partial charge in [0.25, 0.3) is 0 Å². The highest BCUT2D eigenvalue weighted by Crippen LogP contribution is 2.23. The van der Waals surface area contributed by atoms with Gasteiger partial charge in [-0.25, -0.2) is 15.0 Å². The Hall–Kier alpha value is -2.25. The van der Waals surface area contributed by atoms with E-state index in [1.807, 2.05) is 55.8 Å². The molecule has 7 heteroatoms. The van der Waals surface area contributed by atoms with Crippen molar-refractivity contribution >= 4 is 29.1 Å². The molecule has 0 atom stereocenters. The molecule has 0 unspecified atom stereocenters. The molecule has 5 nitrogen and oxygen atoms in total. The summed E-state index contributed by atoms with van der Waals surface area (Å²) in [6, 6.07) is 9.97. The van der Waals surface area contributed by atoms with Gasteiger partial charge in [-0.3, -0.25) is 4.79 Å². The molecular formula is C20H21N3O2S2. The fraction of sp³-hybridized carbons (Fsp3) is 0.300. The number of nitrogens with zero attached hydrogens (tertiary/aromatic N) is 3. The van der Waals surface area contributed by atoms with Crippen LogP contribution < -0.4 is 0 Å². The standard InChI is InChI=1S/C20H21N3O2S2/c1-13-17(14(2)22-20(21-13)26-3)9-10-18(24)25-11-16-12-27-19(23-16)15-7-5-4-6-8-15/h4-8,12H,9-11H2,1-3H3. The maximum Gasteiger partial charge on any atom is 0.306 e. The van der Waals surface area contributed by atoms with Crippen molar-refractivity contribution in [3.05, 3.63) is 58.4 Å². The smallest absolute Gasteiger partial charge is 0.306 e. The number of ether oxygens (including phenoxy) is 1. The van der Waals surface area contributed by atoms with Gasteiger partial charge in [0.05, 0.1) is 5.69 Å². The van der Waals surface area contributed by atoms with Gasteiger partial charge in [-0.15, -0.1) is 11.3 Å². The molecule has 0 spiro atoms. The first-order chi connectivity index (χ1) is 13.1. The van der Waals surface area contributed by atoms with Crippen LogP contribution in [0, 0.1) is 13.8 Å². The molecule has 0 radical (unpaired) electrons. The van der Waals surface area contributed by atoms with Gasteiger partial charge < -0.3 is 4.74 Å². The van der Waals surface area contributed by atoms with E-state index in [-0.39, 0.29) is 12.6 Å². The van der Waals surface area contributed by atoms with Crippen molar-refractivity contribution in [3.63, 3.8) is 0 Å². The van der Waals surface area contributed by atoms with Crippen molar-refractivity contribution < 1.29 is 9.53 Å². The van der Waals surface area contributed by atoms with Gasteiger partial charge in [0.1, 0.15) is 11.6 Å². The molecule has 2 aromatic heterocycles. The monoisotopic (exact) mass is 399 g/mol. The molecule has 2 heterocycles. The molecule has 0 N–H and O–H groups in total. The second kappa shape index (κ2) is 9.10. The number of carbonyl (C=O) groups is 1. The molecule has 27 heavy (non-hydrogen) atoms. The Morgan fingerprint density at radius 2 is 1.81 bits per heavy atom. The maximum atomic E-state index is 12.1. The van der Waals surface area contributed by atoms with E-state index in [2.05, 4.69) is 15.0 Å². The first-order valence-corrected chi connectivity index (χ1v) is 10.7. The molecule has 0 aliphatic rings. The topological polar surface area (TPSA) is 65.0 Å². The third-order valence-electron chi connectivity index (χ3n) is 4.12. The fourth-order valence-electron chi connectivity index (χ4n) is 2.70. The Labute approximate surface area is 167 Å². The zero-order valence-electron chi connectivity index (χ0n) is 15.6. The first-order valence-electron chi connectivity index (χ1n) is 8.60. The summed E-state index contributed by atoms with van der Waals surface area (Å²) in [6.07, 6.45) is 2.84. The average molecular weight is 400 g/mol. The zero-order valence-corrected chi connectivity index (χ0v) is 17.2. The van der Waals surface area contributed by atoms with Gasteiger partial charge in [-0.2, -0.15) is 0 Å². The highest BCUT2D eigenvalue weighted by Gasteiger charge is 2.12. The minimum absolute atomic E-state index is 0.196. The second-order valence-corrected chi connectivity index (χ2v) is 7.66. The van der Waals surface area contributed by atoms with Crippen LogP contribution in [0.4, 0.5) is 0 Å². The Balaban J connectivity index is 1.53. The predicted molar refractivity (Wildman–Crippen MR) is 109 cm³/mol. The Morgan fingerprint density at radius 1 is 1.11 bits per heavy atom. The largest absolute Gasteiger partial charge is 0.459 e. The third kappa shape index (κ3) is 5.14.